The molecule has 2 unspecified atom stereocenters. The van der Waals surface area contributed by atoms with E-state index in [2.05, 4.69) is 10.6 Å². The lowest BCUT2D eigenvalue weighted by Gasteiger charge is -2.18. The Hall–Kier alpha value is -2.42. The van der Waals surface area contributed by atoms with Crippen LogP contribution in [0.25, 0.3) is 0 Å². The molecule has 2 aromatic carbocycles. The lowest BCUT2D eigenvalue weighted by atomic mass is 10.1. The number of anilines is 3. The van der Waals surface area contributed by atoms with Crippen molar-refractivity contribution in [3.8, 4) is 0 Å². The van der Waals surface area contributed by atoms with Crippen LogP contribution < -0.4 is 15.5 Å². The van der Waals surface area contributed by atoms with Crippen molar-refractivity contribution in [1.82, 2.24) is 0 Å². The number of hydrogen-bond donors (Lipinski definition) is 2. The summed E-state index contributed by atoms with van der Waals surface area (Å²) in [6.07, 6.45) is 0. The monoisotopic (exact) mass is 503 g/mol. The second-order valence-corrected chi connectivity index (χ2v) is 9.27. The molecule has 2 atom stereocenters. The molecule has 170 valence electrons. The number of hydrogen-bond acceptors (Lipinski definition) is 3. The summed E-state index contributed by atoms with van der Waals surface area (Å²) < 4.78 is 27.7. The van der Waals surface area contributed by atoms with Crippen molar-refractivity contribution in [2.45, 2.75) is 18.2 Å². The van der Waals surface area contributed by atoms with Crippen molar-refractivity contribution in [3.05, 3.63) is 52.6 Å². The van der Waals surface area contributed by atoms with Gasteiger partial charge in [0.2, 0.25) is 11.8 Å². The van der Waals surface area contributed by atoms with Crippen LogP contribution in [0.4, 0.5) is 25.8 Å². The SMILES string of the molecule is CC(=O)N(C)c1c(F)ccc(NC(=O)c2cc(NC(=O)C3C(C)C3(Cl)Cl)ccc2Cl)c1F. The Bertz CT molecular complexity index is 1130. The summed E-state index contributed by atoms with van der Waals surface area (Å²) >= 11 is 18.2. The fourth-order valence-electron chi connectivity index (χ4n) is 3.17. The Labute approximate surface area is 197 Å². The van der Waals surface area contributed by atoms with Gasteiger partial charge in [-0.15, -0.1) is 23.2 Å². The molecule has 0 aliphatic heterocycles. The number of alkyl halides is 2. The second kappa shape index (κ2) is 8.84. The molecule has 0 spiro atoms. The molecule has 3 rings (SSSR count). The van der Waals surface area contributed by atoms with Gasteiger partial charge in [-0.05, 0) is 30.3 Å². The van der Waals surface area contributed by atoms with Crippen LogP contribution >= 0.6 is 34.8 Å². The summed E-state index contributed by atoms with van der Waals surface area (Å²) in [5.74, 6) is -4.76. The standard InChI is InChI=1S/C21H18Cl3F2N3O3/c1-9-16(21(9,23)24)20(32)27-11-4-5-13(22)12(8-11)19(31)28-15-7-6-14(25)18(17(15)26)29(3)10(2)30/h4-9,16H,1-3H3,(H,27,32)(H,28,31). The van der Waals surface area contributed by atoms with Gasteiger partial charge in [-0.2, -0.15) is 0 Å². The molecule has 0 aromatic heterocycles. The van der Waals surface area contributed by atoms with Gasteiger partial charge in [0.25, 0.3) is 5.91 Å². The van der Waals surface area contributed by atoms with E-state index >= 15 is 0 Å². The highest BCUT2D eigenvalue weighted by atomic mass is 35.5. The zero-order valence-corrected chi connectivity index (χ0v) is 19.4. The third-order valence-electron chi connectivity index (χ3n) is 5.30. The quantitative estimate of drug-likeness (QED) is 0.547. The molecule has 2 N–H and O–H groups in total. The Balaban J connectivity index is 1.83. The Morgan fingerprint density at radius 2 is 1.72 bits per heavy atom. The summed E-state index contributed by atoms with van der Waals surface area (Å²) in [6.45, 7) is 2.88. The van der Waals surface area contributed by atoms with Crippen LogP contribution in [0.15, 0.2) is 30.3 Å². The van der Waals surface area contributed by atoms with Gasteiger partial charge in [-0.1, -0.05) is 18.5 Å². The molecule has 1 fully saturated rings. The van der Waals surface area contributed by atoms with Gasteiger partial charge in [0.15, 0.2) is 5.82 Å². The van der Waals surface area contributed by atoms with Crippen LogP contribution in [0, 0.1) is 23.5 Å². The lowest BCUT2D eigenvalue weighted by Crippen LogP contribution is -2.26. The largest absolute Gasteiger partial charge is 0.326 e. The van der Waals surface area contributed by atoms with Crippen molar-refractivity contribution in [2.24, 2.45) is 11.8 Å². The van der Waals surface area contributed by atoms with Gasteiger partial charge in [-0.3, -0.25) is 14.4 Å². The molecule has 0 radical (unpaired) electrons. The third kappa shape index (κ3) is 4.53. The first-order chi connectivity index (χ1) is 14.9. The van der Waals surface area contributed by atoms with Gasteiger partial charge in [0, 0.05) is 25.6 Å². The van der Waals surface area contributed by atoms with E-state index in [0.717, 1.165) is 24.0 Å². The van der Waals surface area contributed by atoms with E-state index in [-0.39, 0.29) is 27.9 Å². The number of rotatable bonds is 5. The van der Waals surface area contributed by atoms with Gasteiger partial charge >= 0.3 is 0 Å². The third-order valence-corrected chi connectivity index (χ3v) is 6.78. The molecule has 6 nitrogen and oxygen atoms in total. The molecule has 0 bridgehead atoms. The predicted octanol–water partition coefficient (Wildman–Crippen LogP) is 5.23. The highest BCUT2D eigenvalue weighted by Gasteiger charge is 2.64. The molecule has 1 aliphatic rings. The zero-order chi connectivity index (χ0) is 24.0. The molecular weight excluding hydrogens is 487 g/mol. The van der Waals surface area contributed by atoms with Crippen molar-refractivity contribution < 1.29 is 23.2 Å². The summed E-state index contributed by atoms with van der Waals surface area (Å²) in [4.78, 5) is 37.4. The van der Waals surface area contributed by atoms with Gasteiger partial charge < -0.3 is 15.5 Å². The van der Waals surface area contributed by atoms with Gasteiger partial charge in [0.1, 0.15) is 15.8 Å². The number of carbonyl (C=O) groups excluding carboxylic acids is 3. The molecule has 1 aliphatic carbocycles. The summed E-state index contributed by atoms with van der Waals surface area (Å²) in [5, 5.41) is 4.96. The molecule has 2 aromatic rings. The molecule has 11 heteroatoms. The first-order valence-electron chi connectivity index (χ1n) is 9.38. The Morgan fingerprint density at radius 3 is 2.28 bits per heavy atom. The number of halogens is 5. The molecule has 0 heterocycles. The number of amides is 3. The fraction of sp³-hybridized carbons (Fsp3) is 0.286. The second-order valence-electron chi connectivity index (χ2n) is 7.41. The number of nitrogens with zero attached hydrogens (tertiary/aromatic N) is 1. The topological polar surface area (TPSA) is 78.5 Å². The van der Waals surface area contributed by atoms with E-state index in [1.54, 1.807) is 6.92 Å². The minimum atomic E-state index is -1.15. The average Bonchev–Trinajstić information content (AvgIpc) is 3.22. The fourth-order valence-corrected chi connectivity index (χ4v) is 4.08. The van der Waals surface area contributed by atoms with Crippen molar-refractivity contribution >= 4 is 69.6 Å². The van der Waals surface area contributed by atoms with Crippen LogP contribution in [0.3, 0.4) is 0 Å². The minimum Gasteiger partial charge on any atom is -0.326 e. The number of nitrogens with one attached hydrogen (secondary N) is 2. The van der Waals surface area contributed by atoms with E-state index in [1.807, 2.05) is 0 Å². The van der Waals surface area contributed by atoms with Crippen molar-refractivity contribution in [2.75, 3.05) is 22.6 Å². The molecule has 32 heavy (non-hydrogen) atoms. The molecule has 1 saturated carbocycles. The molecule has 0 saturated heterocycles. The van der Waals surface area contributed by atoms with Crippen molar-refractivity contribution in [3.63, 3.8) is 0 Å². The maximum atomic E-state index is 14.8. The maximum Gasteiger partial charge on any atom is 0.257 e. The highest BCUT2D eigenvalue weighted by Crippen LogP contribution is 2.59. The Kier molecular flexibility index (Phi) is 6.70. The van der Waals surface area contributed by atoms with Crippen LogP contribution in [-0.4, -0.2) is 29.1 Å². The number of carbonyl (C=O) groups is 3. The first-order valence-corrected chi connectivity index (χ1v) is 10.5. The maximum absolute atomic E-state index is 14.8. The highest BCUT2D eigenvalue weighted by molar-refractivity contribution is 6.53. The predicted molar refractivity (Wildman–Crippen MR) is 121 cm³/mol. The normalized spacial score (nSPS) is 18.6. The summed E-state index contributed by atoms with van der Waals surface area (Å²) in [6, 6.07) is 6.11. The Morgan fingerprint density at radius 1 is 1.09 bits per heavy atom. The number of benzene rings is 2. The zero-order valence-electron chi connectivity index (χ0n) is 17.1. The minimum absolute atomic E-state index is 0.0351. The first kappa shape index (κ1) is 24.2. The van der Waals surface area contributed by atoms with E-state index in [0.29, 0.717) is 0 Å². The van der Waals surface area contributed by atoms with Gasteiger partial charge in [0.05, 0.1) is 22.2 Å². The molecule has 3 amide bonds. The van der Waals surface area contributed by atoms with E-state index in [9.17, 15) is 23.2 Å². The van der Waals surface area contributed by atoms with Crippen LogP contribution in [-0.2, 0) is 9.59 Å². The van der Waals surface area contributed by atoms with Crippen LogP contribution in [0.1, 0.15) is 24.2 Å². The van der Waals surface area contributed by atoms with Crippen LogP contribution in [0.2, 0.25) is 5.02 Å². The van der Waals surface area contributed by atoms with E-state index in [4.69, 9.17) is 34.8 Å². The smallest absolute Gasteiger partial charge is 0.257 e. The van der Waals surface area contributed by atoms with E-state index < -0.39 is 45.3 Å². The summed E-state index contributed by atoms with van der Waals surface area (Å²) in [5.41, 5.74) is -0.775. The average molecular weight is 505 g/mol. The lowest BCUT2D eigenvalue weighted by molar-refractivity contribution is -0.118. The van der Waals surface area contributed by atoms with Crippen LogP contribution in [0.5, 0.6) is 0 Å². The van der Waals surface area contributed by atoms with E-state index in [1.165, 1.54) is 25.2 Å². The van der Waals surface area contributed by atoms with Crippen molar-refractivity contribution in [1.29, 1.82) is 0 Å². The molecular formula is C21H18Cl3F2N3O3. The summed E-state index contributed by atoms with van der Waals surface area (Å²) in [7, 11) is 1.20. The van der Waals surface area contributed by atoms with Gasteiger partial charge in [-0.25, -0.2) is 8.78 Å².